The summed E-state index contributed by atoms with van der Waals surface area (Å²) < 4.78 is 5.23. The van der Waals surface area contributed by atoms with Crippen LogP contribution in [0.15, 0.2) is 12.2 Å². The lowest BCUT2D eigenvalue weighted by Crippen LogP contribution is -2.23. The lowest BCUT2D eigenvalue weighted by Gasteiger charge is -2.25. The van der Waals surface area contributed by atoms with Gasteiger partial charge in [0.15, 0.2) is 0 Å². The van der Waals surface area contributed by atoms with Crippen LogP contribution in [0.5, 0.6) is 0 Å². The molecule has 0 heterocycles. The van der Waals surface area contributed by atoms with Gasteiger partial charge in [-0.15, -0.1) is 0 Å². The predicted molar refractivity (Wildman–Crippen MR) is 66.5 cm³/mol. The van der Waals surface area contributed by atoms with Gasteiger partial charge in [0.25, 0.3) is 0 Å². The fourth-order valence-corrected chi connectivity index (χ4v) is 2.18. The molecule has 0 aromatic rings. The number of unbranched alkanes of at least 4 members (excludes halogenated alkanes) is 1. The molecule has 0 N–H and O–H groups in total. The third kappa shape index (κ3) is 5.16. The highest BCUT2D eigenvalue weighted by Crippen LogP contribution is 2.30. The molecule has 0 spiro atoms. The van der Waals surface area contributed by atoms with Crippen molar-refractivity contribution >= 4 is 12.3 Å². The Bertz CT molecular complexity index is 263. The van der Waals surface area contributed by atoms with Gasteiger partial charge < -0.3 is 4.74 Å². The summed E-state index contributed by atoms with van der Waals surface area (Å²) in [5.74, 6) is 0.504. The highest BCUT2D eigenvalue weighted by atomic mass is 16.5. The zero-order valence-corrected chi connectivity index (χ0v) is 10.6. The number of hydrogen-bond donors (Lipinski definition) is 0. The minimum Gasteiger partial charge on any atom is -0.465 e. The molecule has 1 rings (SSSR count). The molecule has 3 nitrogen and oxygen atoms in total. The summed E-state index contributed by atoms with van der Waals surface area (Å²) in [5.41, 5.74) is 0. The standard InChI is InChI=1S/C14H22O3/c1-2-3-11-17-14(16)13-8-6-12(7-9-13)5-4-10-15/h4-5,10,12-13H,2-3,6-9,11H2,1H3/b5-4+. The first kappa shape index (κ1) is 13.9. The van der Waals surface area contributed by atoms with E-state index in [1.165, 1.54) is 0 Å². The monoisotopic (exact) mass is 238 g/mol. The molecule has 0 atom stereocenters. The van der Waals surface area contributed by atoms with Crippen LogP contribution in [-0.4, -0.2) is 18.9 Å². The van der Waals surface area contributed by atoms with Gasteiger partial charge in [0.05, 0.1) is 12.5 Å². The second kappa shape index (κ2) is 8.04. The van der Waals surface area contributed by atoms with E-state index in [1.54, 1.807) is 6.08 Å². The van der Waals surface area contributed by atoms with E-state index in [-0.39, 0.29) is 11.9 Å². The van der Waals surface area contributed by atoms with Gasteiger partial charge >= 0.3 is 5.97 Å². The number of allylic oxidation sites excluding steroid dienone is 2. The van der Waals surface area contributed by atoms with Gasteiger partial charge in [0.1, 0.15) is 6.29 Å². The lowest BCUT2D eigenvalue weighted by molar-refractivity contribution is -0.150. The molecule has 0 bridgehead atoms. The third-order valence-electron chi connectivity index (χ3n) is 3.31. The Morgan fingerprint density at radius 1 is 1.29 bits per heavy atom. The molecule has 0 unspecified atom stereocenters. The van der Waals surface area contributed by atoms with Crippen LogP contribution >= 0.6 is 0 Å². The fraction of sp³-hybridized carbons (Fsp3) is 0.714. The van der Waals surface area contributed by atoms with Crippen LogP contribution in [0, 0.1) is 11.8 Å². The van der Waals surface area contributed by atoms with Gasteiger partial charge in [-0.2, -0.15) is 0 Å². The van der Waals surface area contributed by atoms with Crippen molar-refractivity contribution in [2.75, 3.05) is 6.61 Å². The molecule has 3 heteroatoms. The molecular weight excluding hydrogens is 216 g/mol. The number of hydrogen-bond acceptors (Lipinski definition) is 3. The van der Waals surface area contributed by atoms with Crippen molar-refractivity contribution in [2.45, 2.75) is 45.4 Å². The Kier molecular flexibility index (Phi) is 6.60. The number of esters is 1. The van der Waals surface area contributed by atoms with E-state index in [2.05, 4.69) is 6.92 Å². The second-order valence-electron chi connectivity index (χ2n) is 4.65. The Balaban J connectivity index is 2.23. The Hall–Kier alpha value is -1.12. The van der Waals surface area contributed by atoms with Crippen LogP contribution < -0.4 is 0 Å². The van der Waals surface area contributed by atoms with Crippen LogP contribution in [0.2, 0.25) is 0 Å². The molecule has 1 saturated carbocycles. The summed E-state index contributed by atoms with van der Waals surface area (Å²) >= 11 is 0. The van der Waals surface area contributed by atoms with E-state index in [0.717, 1.165) is 44.8 Å². The van der Waals surface area contributed by atoms with E-state index in [9.17, 15) is 9.59 Å². The maximum atomic E-state index is 11.7. The van der Waals surface area contributed by atoms with Crippen LogP contribution in [0.4, 0.5) is 0 Å². The highest BCUT2D eigenvalue weighted by molar-refractivity contribution is 5.72. The molecule has 0 aliphatic heterocycles. The molecule has 0 radical (unpaired) electrons. The first-order chi connectivity index (χ1) is 8.27. The van der Waals surface area contributed by atoms with Gasteiger partial charge in [-0.3, -0.25) is 9.59 Å². The topological polar surface area (TPSA) is 43.4 Å². The molecule has 0 aromatic carbocycles. The van der Waals surface area contributed by atoms with E-state index < -0.39 is 0 Å². The maximum absolute atomic E-state index is 11.7. The quantitative estimate of drug-likeness (QED) is 0.309. The largest absolute Gasteiger partial charge is 0.465 e. The summed E-state index contributed by atoms with van der Waals surface area (Å²) in [6.45, 7) is 2.64. The smallest absolute Gasteiger partial charge is 0.308 e. The Labute approximate surface area is 103 Å². The van der Waals surface area contributed by atoms with Gasteiger partial charge in [-0.1, -0.05) is 19.4 Å². The molecule has 96 valence electrons. The van der Waals surface area contributed by atoms with Gasteiger partial charge in [0, 0.05) is 0 Å². The van der Waals surface area contributed by atoms with Crippen molar-refractivity contribution in [3.63, 3.8) is 0 Å². The van der Waals surface area contributed by atoms with Crippen molar-refractivity contribution in [2.24, 2.45) is 11.8 Å². The second-order valence-corrected chi connectivity index (χ2v) is 4.65. The van der Waals surface area contributed by atoms with E-state index in [1.807, 2.05) is 6.08 Å². The van der Waals surface area contributed by atoms with Gasteiger partial charge in [0.2, 0.25) is 0 Å². The molecule has 0 aromatic heterocycles. The summed E-state index contributed by atoms with van der Waals surface area (Å²) in [6.07, 6.45) is 10.1. The zero-order chi connectivity index (χ0) is 12.5. The number of rotatable bonds is 6. The van der Waals surface area contributed by atoms with Crippen LogP contribution in [0.3, 0.4) is 0 Å². The molecule has 1 fully saturated rings. The van der Waals surface area contributed by atoms with Crippen molar-refractivity contribution in [3.8, 4) is 0 Å². The lowest BCUT2D eigenvalue weighted by atomic mass is 9.82. The fourth-order valence-electron chi connectivity index (χ4n) is 2.18. The average Bonchev–Trinajstić information content (AvgIpc) is 2.37. The number of aldehydes is 1. The molecule has 1 aliphatic carbocycles. The molecular formula is C14H22O3. The Morgan fingerprint density at radius 3 is 2.59 bits per heavy atom. The molecule has 0 saturated heterocycles. The first-order valence-electron chi connectivity index (χ1n) is 6.56. The maximum Gasteiger partial charge on any atom is 0.308 e. The van der Waals surface area contributed by atoms with Crippen LogP contribution in [0.25, 0.3) is 0 Å². The SMILES string of the molecule is CCCCOC(=O)C1CCC(/C=C/C=O)CC1. The van der Waals surface area contributed by atoms with Crippen LogP contribution in [0.1, 0.15) is 45.4 Å². The molecule has 17 heavy (non-hydrogen) atoms. The number of ether oxygens (including phenoxy) is 1. The van der Waals surface area contributed by atoms with Gasteiger partial charge in [-0.25, -0.2) is 0 Å². The van der Waals surface area contributed by atoms with Gasteiger partial charge in [-0.05, 0) is 44.1 Å². The summed E-state index contributed by atoms with van der Waals surface area (Å²) in [7, 11) is 0. The Morgan fingerprint density at radius 2 is 2.00 bits per heavy atom. The normalized spacial score (nSPS) is 24.8. The zero-order valence-electron chi connectivity index (χ0n) is 10.6. The van der Waals surface area contributed by atoms with Crippen molar-refractivity contribution in [1.82, 2.24) is 0 Å². The third-order valence-corrected chi connectivity index (χ3v) is 3.31. The highest BCUT2D eigenvalue weighted by Gasteiger charge is 2.26. The molecule has 1 aliphatic rings. The number of carbonyl (C=O) groups excluding carboxylic acids is 2. The first-order valence-corrected chi connectivity index (χ1v) is 6.56. The van der Waals surface area contributed by atoms with E-state index >= 15 is 0 Å². The number of carbonyl (C=O) groups is 2. The summed E-state index contributed by atoms with van der Waals surface area (Å²) in [6, 6.07) is 0. The van der Waals surface area contributed by atoms with Crippen molar-refractivity contribution in [1.29, 1.82) is 0 Å². The predicted octanol–water partition coefficient (Wildman–Crippen LogP) is 2.89. The molecule has 0 amide bonds. The summed E-state index contributed by atoms with van der Waals surface area (Å²) in [5, 5.41) is 0. The van der Waals surface area contributed by atoms with E-state index in [4.69, 9.17) is 4.74 Å². The minimum absolute atomic E-state index is 0.0312. The minimum atomic E-state index is -0.0312. The van der Waals surface area contributed by atoms with Crippen LogP contribution in [-0.2, 0) is 14.3 Å². The average molecular weight is 238 g/mol. The van der Waals surface area contributed by atoms with Crippen molar-refractivity contribution in [3.05, 3.63) is 12.2 Å². The van der Waals surface area contributed by atoms with Crippen molar-refractivity contribution < 1.29 is 14.3 Å². The summed E-state index contributed by atoms with van der Waals surface area (Å²) in [4.78, 5) is 21.9. The van der Waals surface area contributed by atoms with E-state index in [0.29, 0.717) is 12.5 Å².